The van der Waals surface area contributed by atoms with Gasteiger partial charge in [-0.3, -0.25) is 0 Å². The fraction of sp³-hybridized carbons (Fsp3) is 0.143. The normalized spacial score (nSPS) is 10.7. The molecule has 0 aliphatic heterocycles. The van der Waals surface area contributed by atoms with Crippen LogP contribution in [-0.4, -0.2) is 10.1 Å². The molecule has 102 valence electrons. The smallest absolute Gasteiger partial charge is 0.246 e. The second-order valence-corrected chi connectivity index (χ2v) is 5.53. The standard InChI is InChI=1S/C14H12ClN3OS/c1-9-2-3-11(6-12(9)15)16-7-13-17-14(18-19-13)10-4-5-20-8-10/h2-6,8,16H,7H2,1H3. The molecule has 0 amide bonds. The molecule has 4 nitrogen and oxygen atoms in total. The zero-order valence-corrected chi connectivity index (χ0v) is 12.3. The molecule has 0 aliphatic rings. The maximum Gasteiger partial charge on any atom is 0.246 e. The van der Waals surface area contributed by atoms with E-state index in [9.17, 15) is 0 Å². The molecule has 0 bridgehead atoms. The van der Waals surface area contributed by atoms with Crippen LogP contribution in [0.25, 0.3) is 11.4 Å². The molecule has 0 atom stereocenters. The van der Waals surface area contributed by atoms with Crippen molar-refractivity contribution in [3.8, 4) is 11.4 Å². The summed E-state index contributed by atoms with van der Waals surface area (Å²) in [5.74, 6) is 1.16. The lowest BCUT2D eigenvalue weighted by Crippen LogP contribution is -1.99. The number of rotatable bonds is 4. The Bertz CT molecular complexity index is 709. The summed E-state index contributed by atoms with van der Waals surface area (Å²) in [5.41, 5.74) is 2.95. The first kappa shape index (κ1) is 13.1. The molecule has 1 aromatic carbocycles. The van der Waals surface area contributed by atoms with Crippen LogP contribution in [0.4, 0.5) is 5.69 Å². The molecule has 20 heavy (non-hydrogen) atoms. The number of nitrogens with zero attached hydrogens (tertiary/aromatic N) is 2. The molecule has 0 saturated carbocycles. The van der Waals surface area contributed by atoms with Crippen molar-refractivity contribution >= 4 is 28.6 Å². The Labute approximate surface area is 125 Å². The van der Waals surface area contributed by atoms with Crippen LogP contribution in [-0.2, 0) is 6.54 Å². The number of anilines is 1. The molecule has 2 heterocycles. The van der Waals surface area contributed by atoms with E-state index in [-0.39, 0.29) is 0 Å². The predicted octanol–water partition coefficient (Wildman–Crippen LogP) is 4.37. The lowest BCUT2D eigenvalue weighted by atomic mass is 10.2. The average Bonchev–Trinajstić information content (AvgIpc) is 3.09. The van der Waals surface area contributed by atoms with E-state index in [1.807, 2.05) is 41.9 Å². The minimum Gasteiger partial charge on any atom is -0.376 e. The van der Waals surface area contributed by atoms with Gasteiger partial charge >= 0.3 is 0 Å². The Morgan fingerprint density at radius 2 is 2.25 bits per heavy atom. The third-order valence-electron chi connectivity index (χ3n) is 2.86. The highest BCUT2D eigenvalue weighted by Gasteiger charge is 2.08. The minimum absolute atomic E-state index is 0.469. The van der Waals surface area contributed by atoms with Crippen molar-refractivity contribution in [2.24, 2.45) is 0 Å². The van der Waals surface area contributed by atoms with E-state index in [1.54, 1.807) is 11.3 Å². The van der Waals surface area contributed by atoms with Crippen LogP contribution in [0.1, 0.15) is 11.5 Å². The minimum atomic E-state index is 0.469. The molecule has 0 aliphatic carbocycles. The van der Waals surface area contributed by atoms with Crippen molar-refractivity contribution in [2.75, 3.05) is 5.32 Å². The first-order chi connectivity index (χ1) is 9.72. The van der Waals surface area contributed by atoms with Crippen molar-refractivity contribution in [1.29, 1.82) is 0 Å². The molecule has 6 heteroatoms. The largest absolute Gasteiger partial charge is 0.376 e. The van der Waals surface area contributed by atoms with E-state index < -0.39 is 0 Å². The molecule has 0 fully saturated rings. The molecule has 0 saturated heterocycles. The summed E-state index contributed by atoms with van der Waals surface area (Å²) in [6.45, 7) is 2.44. The van der Waals surface area contributed by atoms with Gasteiger partial charge in [-0.15, -0.1) is 0 Å². The summed E-state index contributed by atoms with van der Waals surface area (Å²) in [5, 5.41) is 11.9. The third-order valence-corrected chi connectivity index (χ3v) is 3.95. The lowest BCUT2D eigenvalue weighted by Gasteiger charge is -2.05. The van der Waals surface area contributed by atoms with Gasteiger partial charge in [0.05, 0.1) is 6.54 Å². The summed E-state index contributed by atoms with van der Waals surface area (Å²) >= 11 is 7.68. The predicted molar refractivity (Wildman–Crippen MR) is 81.1 cm³/mol. The highest BCUT2D eigenvalue weighted by Crippen LogP contribution is 2.21. The van der Waals surface area contributed by atoms with Crippen molar-refractivity contribution in [1.82, 2.24) is 10.1 Å². The van der Waals surface area contributed by atoms with Gasteiger partial charge in [0, 0.05) is 21.7 Å². The lowest BCUT2D eigenvalue weighted by molar-refractivity contribution is 0.384. The van der Waals surface area contributed by atoms with Crippen LogP contribution < -0.4 is 5.32 Å². The van der Waals surface area contributed by atoms with Gasteiger partial charge in [0.25, 0.3) is 0 Å². The van der Waals surface area contributed by atoms with E-state index >= 15 is 0 Å². The summed E-state index contributed by atoms with van der Waals surface area (Å²) < 4.78 is 5.21. The number of aromatic nitrogens is 2. The fourth-order valence-electron chi connectivity index (χ4n) is 1.72. The maximum absolute atomic E-state index is 6.08. The third kappa shape index (κ3) is 2.84. The van der Waals surface area contributed by atoms with Gasteiger partial charge in [-0.05, 0) is 36.1 Å². The molecule has 0 radical (unpaired) electrons. The van der Waals surface area contributed by atoms with Crippen LogP contribution in [0.15, 0.2) is 39.5 Å². The van der Waals surface area contributed by atoms with Crippen LogP contribution in [0.3, 0.4) is 0 Å². The zero-order chi connectivity index (χ0) is 13.9. The van der Waals surface area contributed by atoms with Gasteiger partial charge in [-0.1, -0.05) is 22.8 Å². The number of hydrogen-bond donors (Lipinski definition) is 1. The summed E-state index contributed by atoms with van der Waals surface area (Å²) in [7, 11) is 0. The Balaban J connectivity index is 1.68. The molecule has 3 rings (SSSR count). The maximum atomic E-state index is 6.08. The molecule has 1 N–H and O–H groups in total. The van der Waals surface area contributed by atoms with E-state index in [1.165, 1.54) is 0 Å². The first-order valence-electron chi connectivity index (χ1n) is 6.07. The number of nitrogens with one attached hydrogen (secondary N) is 1. The first-order valence-corrected chi connectivity index (χ1v) is 7.39. The van der Waals surface area contributed by atoms with Crippen molar-refractivity contribution < 1.29 is 4.52 Å². The number of benzene rings is 1. The summed E-state index contributed by atoms with van der Waals surface area (Å²) in [6.07, 6.45) is 0. The monoisotopic (exact) mass is 305 g/mol. The van der Waals surface area contributed by atoms with E-state index in [4.69, 9.17) is 16.1 Å². The summed E-state index contributed by atoms with van der Waals surface area (Å²) in [4.78, 5) is 4.34. The fourth-order valence-corrected chi connectivity index (χ4v) is 2.53. The van der Waals surface area contributed by atoms with Gasteiger partial charge in [0.2, 0.25) is 11.7 Å². The van der Waals surface area contributed by atoms with Crippen molar-refractivity contribution in [2.45, 2.75) is 13.5 Å². The molecular weight excluding hydrogens is 294 g/mol. The van der Waals surface area contributed by atoms with Gasteiger partial charge in [0.15, 0.2) is 0 Å². The van der Waals surface area contributed by atoms with Gasteiger partial charge < -0.3 is 9.84 Å². The number of hydrogen-bond acceptors (Lipinski definition) is 5. The van der Waals surface area contributed by atoms with Crippen molar-refractivity contribution in [3.63, 3.8) is 0 Å². The van der Waals surface area contributed by atoms with Crippen LogP contribution in [0.5, 0.6) is 0 Å². The quantitative estimate of drug-likeness (QED) is 0.777. The van der Waals surface area contributed by atoms with E-state index in [0.717, 1.165) is 21.8 Å². The summed E-state index contributed by atoms with van der Waals surface area (Å²) in [6, 6.07) is 7.78. The number of thiophene rings is 1. The van der Waals surface area contributed by atoms with Crippen LogP contribution in [0.2, 0.25) is 5.02 Å². The Morgan fingerprint density at radius 1 is 1.35 bits per heavy atom. The molecule has 3 aromatic rings. The van der Waals surface area contributed by atoms with E-state index in [0.29, 0.717) is 18.3 Å². The Morgan fingerprint density at radius 3 is 3.00 bits per heavy atom. The van der Waals surface area contributed by atoms with Gasteiger partial charge in [0.1, 0.15) is 0 Å². The van der Waals surface area contributed by atoms with E-state index in [2.05, 4.69) is 15.5 Å². The topological polar surface area (TPSA) is 51.0 Å². The molecule has 2 aromatic heterocycles. The Hall–Kier alpha value is -1.85. The van der Waals surface area contributed by atoms with Crippen molar-refractivity contribution in [3.05, 3.63) is 51.5 Å². The van der Waals surface area contributed by atoms with Gasteiger partial charge in [-0.25, -0.2) is 0 Å². The Kier molecular flexibility index (Phi) is 3.71. The molecule has 0 unspecified atom stereocenters. The second kappa shape index (κ2) is 5.64. The zero-order valence-electron chi connectivity index (χ0n) is 10.8. The van der Waals surface area contributed by atoms with Crippen LogP contribution in [0, 0.1) is 6.92 Å². The number of aryl methyl sites for hydroxylation is 1. The molecular formula is C14H12ClN3OS. The second-order valence-electron chi connectivity index (χ2n) is 4.34. The average molecular weight is 306 g/mol. The SMILES string of the molecule is Cc1ccc(NCc2nc(-c3ccsc3)no2)cc1Cl. The van der Waals surface area contributed by atoms with Gasteiger partial charge in [-0.2, -0.15) is 16.3 Å². The molecule has 0 spiro atoms. The highest BCUT2D eigenvalue weighted by atomic mass is 35.5. The number of halogens is 1. The highest BCUT2D eigenvalue weighted by molar-refractivity contribution is 7.08. The van der Waals surface area contributed by atoms with Crippen LogP contribution >= 0.6 is 22.9 Å².